The molecule has 0 aliphatic heterocycles. The Morgan fingerprint density at radius 3 is 2.72 bits per heavy atom. The summed E-state index contributed by atoms with van der Waals surface area (Å²) < 4.78 is 3.14. The first-order valence-corrected chi connectivity index (χ1v) is 7.10. The van der Waals surface area contributed by atoms with Gasteiger partial charge in [-0.15, -0.1) is 0 Å². The molecule has 1 aliphatic rings. The lowest BCUT2D eigenvalue weighted by molar-refractivity contribution is 0.223. The zero-order valence-corrected chi connectivity index (χ0v) is 11.7. The standard InChI is InChI=1S/C14H19N3S/c1-9-5-10(2)7-11(6-9)17-13-3-4-15-8-12(13)16-14(17)18/h3-4,8-11H,5-7H2,1-2H3,(H,16,18). The van der Waals surface area contributed by atoms with Crippen LogP contribution >= 0.6 is 12.2 Å². The molecule has 2 atom stereocenters. The van der Waals surface area contributed by atoms with Crippen LogP contribution < -0.4 is 0 Å². The summed E-state index contributed by atoms with van der Waals surface area (Å²) in [6.07, 6.45) is 7.50. The summed E-state index contributed by atoms with van der Waals surface area (Å²) in [6.45, 7) is 4.70. The lowest BCUT2D eigenvalue weighted by Crippen LogP contribution is -2.22. The van der Waals surface area contributed by atoms with E-state index in [1.165, 1.54) is 24.8 Å². The van der Waals surface area contributed by atoms with E-state index in [0.29, 0.717) is 6.04 Å². The first kappa shape index (κ1) is 11.9. The number of nitrogens with one attached hydrogen (secondary N) is 1. The van der Waals surface area contributed by atoms with Crippen molar-refractivity contribution in [2.75, 3.05) is 0 Å². The van der Waals surface area contributed by atoms with Gasteiger partial charge in [-0.2, -0.15) is 0 Å². The van der Waals surface area contributed by atoms with Crippen molar-refractivity contribution in [1.82, 2.24) is 14.5 Å². The number of aromatic nitrogens is 3. The molecule has 2 unspecified atom stereocenters. The van der Waals surface area contributed by atoms with E-state index in [4.69, 9.17) is 12.2 Å². The van der Waals surface area contributed by atoms with Crippen molar-refractivity contribution in [3.05, 3.63) is 23.2 Å². The molecule has 0 radical (unpaired) electrons. The molecule has 1 aliphatic carbocycles. The maximum absolute atomic E-state index is 5.49. The predicted octanol–water partition coefficient (Wildman–Crippen LogP) is 4.09. The lowest BCUT2D eigenvalue weighted by atomic mass is 9.80. The largest absolute Gasteiger partial charge is 0.329 e. The molecular weight excluding hydrogens is 242 g/mol. The van der Waals surface area contributed by atoms with Crippen LogP contribution in [0.5, 0.6) is 0 Å². The van der Waals surface area contributed by atoms with Gasteiger partial charge in [-0.05, 0) is 49.4 Å². The summed E-state index contributed by atoms with van der Waals surface area (Å²) in [7, 11) is 0. The topological polar surface area (TPSA) is 33.6 Å². The molecular formula is C14H19N3S. The smallest absolute Gasteiger partial charge is 0.178 e. The Morgan fingerprint density at radius 2 is 2.00 bits per heavy atom. The number of hydrogen-bond donors (Lipinski definition) is 1. The fraction of sp³-hybridized carbons (Fsp3) is 0.571. The van der Waals surface area contributed by atoms with Gasteiger partial charge in [0, 0.05) is 12.2 Å². The van der Waals surface area contributed by atoms with Crippen molar-refractivity contribution in [1.29, 1.82) is 0 Å². The van der Waals surface area contributed by atoms with Gasteiger partial charge in [0.25, 0.3) is 0 Å². The number of aromatic amines is 1. The maximum Gasteiger partial charge on any atom is 0.178 e. The van der Waals surface area contributed by atoms with Crippen LogP contribution in [0.15, 0.2) is 18.5 Å². The van der Waals surface area contributed by atoms with E-state index in [9.17, 15) is 0 Å². The van der Waals surface area contributed by atoms with Crippen molar-refractivity contribution in [2.24, 2.45) is 11.8 Å². The molecule has 1 saturated carbocycles. The Kier molecular flexibility index (Phi) is 2.98. The molecule has 2 heterocycles. The monoisotopic (exact) mass is 261 g/mol. The number of rotatable bonds is 1. The zero-order chi connectivity index (χ0) is 12.7. The predicted molar refractivity (Wildman–Crippen MR) is 76.1 cm³/mol. The van der Waals surface area contributed by atoms with E-state index in [1.54, 1.807) is 0 Å². The van der Waals surface area contributed by atoms with E-state index in [2.05, 4.69) is 34.4 Å². The highest BCUT2D eigenvalue weighted by molar-refractivity contribution is 7.71. The number of imidazole rings is 1. The van der Waals surface area contributed by atoms with Gasteiger partial charge < -0.3 is 9.55 Å². The second-order valence-corrected chi connectivity index (χ2v) is 6.15. The normalized spacial score (nSPS) is 28.7. The Morgan fingerprint density at radius 1 is 1.28 bits per heavy atom. The molecule has 0 saturated heterocycles. The van der Waals surface area contributed by atoms with Crippen LogP contribution in [0.2, 0.25) is 0 Å². The first-order chi connectivity index (χ1) is 8.65. The number of fused-ring (bicyclic) bond motifs is 1. The van der Waals surface area contributed by atoms with E-state index < -0.39 is 0 Å². The van der Waals surface area contributed by atoms with Crippen LogP contribution in [-0.2, 0) is 0 Å². The molecule has 0 aromatic carbocycles. The number of pyridine rings is 1. The Balaban J connectivity index is 2.08. The average Bonchev–Trinajstić information content (AvgIpc) is 2.63. The van der Waals surface area contributed by atoms with Gasteiger partial charge in [-0.3, -0.25) is 4.98 Å². The van der Waals surface area contributed by atoms with Gasteiger partial charge in [0.2, 0.25) is 0 Å². The molecule has 1 N–H and O–H groups in total. The van der Waals surface area contributed by atoms with Crippen molar-refractivity contribution in [2.45, 2.75) is 39.2 Å². The Labute approximate surface area is 112 Å². The van der Waals surface area contributed by atoms with Gasteiger partial charge in [0.1, 0.15) is 0 Å². The Hall–Kier alpha value is -1.16. The average molecular weight is 261 g/mol. The third-order valence-electron chi connectivity index (χ3n) is 4.04. The molecule has 3 nitrogen and oxygen atoms in total. The second kappa shape index (κ2) is 4.50. The summed E-state index contributed by atoms with van der Waals surface area (Å²) in [6, 6.07) is 2.60. The Bertz CT molecular complexity index is 603. The summed E-state index contributed by atoms with van der Waals surface area (Å²) in [5.74, 6) is 1.57. The minimum absolute atomic E-state index is 0.535. The summed E-state index contributed by atoms with van der Waals surface area (Å²) in [5, 5.41) is 0. The highest BCUT2D eigenvalue weighted by Crippen LogP contribution is 2.37. The van der Waals surface area contributed by atoms with Crippen molar-refractivity contribution in [3.63, 3.8) is 0 Å². The molecule has 3 rings (SSSR count). The molecule has 0 spiro atoms. The number of nitrogens with zero attached hydrogens (tertiary/aromatic N) is 2. The van der Waals surface area contributed by atoms with Crippen LogP contribution in [0.25, 0.3) is 11.0 Å². The molecule has 2 aromatic heterocycles. The summed E-state index contributed by atoms with van der Waals surface area (Å²) in [4.78, 5) is 7.42. The van der Waals surface area contributed by atoms with Crippen LogP contribution in [0.3, 0.4) is 0 Å². The van der Waals surface area contributed by atoms with Gasteiger partial charge >= 0.3 is 0 Å². The van der Waals surface area contributed by atoms with Crippen molar-refractivity contribution < 1.29 is 0 Å². The molecule has 1 fully saturated rings. The van der Waals surface area contributed by atoms with Gasteiger partial charge in [0.05, 0.1) is 17.2 Å². The van der Waals surface area contributed by atoms with E-state index in [0.717, 1.165) is 22.1 Å². The minimum Gasteiger partial charge on any atom is -0.329 e. The SMILES string of the molecule is CC1CC(C)CC(n2c(=S)[nH]c3cnccc32)C1. The molecule has 96 valence electrons. The molecule has 4 heteroatoms. The van der Waals surface area contributed by atoms with Crippen LogP contribution in [0.1, 0.15) is 39.2 Å². The van der Waals surface area contributed by atoms with Crippen LogP contribution in [-0.4, -0.2) is 14.5 Å². The molecule has 2 aromatic rings. The molecule has 18 heavy (non-hydrogen) atoms. The second-order valence-electron chi connectivity index (χ2n) is 5.76. The van der Waals surface area contributed by atoms with Gasteiger partial charge in [-0.1, -0.05) is 13.8 Å². The van der Waals surface area contributed by atoms with Crippen LogP contribution in [0, 0.1) is 16.6 Å². The summed E-state index contributed by atoms with van der Waals surface area (Å²) in [5.41, 5.74) is 2.25. The lowest BCUT2D eigenvalue weighted by Gasteiger charge is -2.32. The highest BCUT2D eigenvalue weighted by Gasteiger charge is 2.26. The van der Waals surface area contributed by atoms with Crippen molar-refractivity contribution >= 4 is 23.3 Å². The number of H-pyrrole nitrogens is 1. The van der Waals surface area contributed by atoms with Gasteiger partial charge in [-0.25, -0.2) is 0 Å². The minimum atomic E-state index is 0.535. The van der Waals surface area contributed by atoms with E-state index >= 15 is 0 Å². The number of hydrogen-bond acceptors (Lipinski definition) is 2. The summed E-state index contributed by atoms with van der Waals surface area (Å²) >= 11 is 5.49. The fourth-order valence-electron chi connectivity index (χ4n) is 3.46. The highest BCUT2D eigenvalue weighted by atomic mass is 32.1. The van der Waals surface area contributed by atoms with Gasteiger partial charge in [0.15, 0.2) is 4.77 Å². The zero-order valence-electron chi connectivity index (χ0n) is 10.9. The third kappa shape index (κ3) is 1.99. The maximum atomic E-state index is 5.49. The quantitative estimate of drug-likeness (QED) is 0.784. The van der Waals surface area contributed by atoms with Crippen LogP contribution in [0.4, 0.5) is 0 Å². The third-order valence-corrected chi connectivity index (χ3v) is 4.34. The van der Waals surface area contributed by atoms with E-state index in [1.807, 2.05) is 12.4 Å². The molecule has 0 bridgehead atoms. The molecule has 0 amide bonds. The first-order valence-electron chi connectivity index (χ1n) is 6.69. The van der Waals surface area contributed by atoms with E-state index in [-0.39, 0.29) is 0 Å². The fourth-order valence-corrected chi connectivity index (χ4v) is 3.81. The van der Waals surface area contributed by atoms with Crippen molar-refractivity contribution in [3.8, 4) is 0 Å².